The Labute approximate surface area is 337 Å². The molecule has 0 N–H and O–H groups in total. The van der Waals surface area contributed by atoms with Gasteiger partial charge in [-0.3, -0.25) is 0 Å². The molecule has 11 rings (SSSR count). The third-order valence-electron chi connectivity index (χ3n) is 13.9. The molecule has 0 saturated carbocycles. The van der Waals surface area contributed by atoms with Gasteiger partial charge in [-0.25, -0.2) is 0 Å². The van der Waals surface area contributed by atoms with Crippen molar-refractivity contribution in [1.82, 2.24) is 0 Å². The Morgan fingerprint density at radius 2 is 0.491 bits per heavy atom. The van der Waals surface area contributed by atoms with Gasteiger partial charge in [0, 0.05) is 16.2 Å². The number of rotatable bonds is 4. The first-order valence-electron chi connectivity index (χ1n) is 20.5. The average molecular weight is 731 g/mol. The van der Waals surface area contributed by atoms with Crippen LogP contribution in [0, 0.1) is 0 Å². The van der Waals surface area contributed by atoms with Crippen molar-refractivity contribution in [2.75, 3.05) is 0 Å². The summed E-state index contributed by atoms with van der Waals surface area (Å²) in [5, 5.41) is 0. The van der Waals surface area contributed by atoms with E-state index >= 15 is 0 Å². The van der Waals surface area contributed by atoms with E-state index < -0.39 is 0 Å². The molecular weight excluding hydrogens is 685 g/mol. The lowest BCUT2D eigenvalue weighted by molar-refractivity contribution is 0.660. The first kappa shape index (κ1) is 34.0. The van der Waals surface area contributed by atoms with Crippen LogP contribution >= 0.6 is 0 Å². The molecule has 0 bridgehead atoms. The zero-order valence-electron chi connectivity index (χ0n) is 33.7. The molecule has 3 aliphatic carbocycles. The summed E-state index contributed by atoms with van der Waals surface area (Å²) >= 11 is 0. The first-order chi connectivity index (χ1) is 27.5. The molecule has 0 aromatic heterocycles. The molecule has 0 fully saturated rings. The highest BCUT2D eigenvalue weighted by atomic mass is 14.4. The summed E-state index contributed by atoms with van der Waals surface area (Å²) < 4.78 is 0. The molecular formula is C57H46. The van der Waals surface area contributed by atoms with E-state index in [1.165, 1.54) is 111 Å². The standard InChI is InChI=1S/C57H46/c1-55(2)49-19-13-12-18-43(49)44-28-23-39(33-53(44)55)41-16-10-11-17-42(41)40-24-29-48-47-27-22-38(32-52(47)57(5,6)54(48)34-40)37-21-26-46-45-25-20-36(35-14-8-7-9-15-35)30-50(45)56(3,4)51(46)31-37/h7-34H,1-6H3. The maximum Gasteiger partial charge on any atom is 0.0159 e. The second-order valence-corrected chi connectivity index (χ2v) is 18.1. The lowest BCUT2D eigenvalue weighted by atomic mass is 9.79. The summed E-state index contributed by atoms with van der Waals surface area (Å²) in [5.74, 6) is 0. The fourth-order valence-electron chi connectivity index (χ4n) is 10.7. The molecule has 0 heteroatoms. The van der Waals surface area contributed by atoms with Crippen LogP contribution in [-0.2, 0) is 16.2 Å². The second kappa shape index (κ2) is 11.9. The van der Waals surface area contributed by atoms with Crippen LogP contribution in [0.1, 0.15) is 74.9 Å². The fraction of sp³-hybridized carbons (Fsp3) is 0.158. The summed E-state index contributed by atoms with van der Waals surface area (Å²) in [6, 6.07) is 64.3. The van der Waals surface area contributed by atoms with Gasteiger partial charge in [0.1, 0.15) is 0 Å². The van der Waals surface area contributed by atoms with Crippen LogP contribution in [0.2, 0.25) is 0 Å². The van der Waals surface area contributed by atoms with Gasteiger partial charge in [-0.05, 0) is 142 Å². The zero-order valence-corrected chi connectivity index (χ0v) is 33.7. The molecule has 0 unspecified atom stereocenters. The molecule has 0 radical (unpaired) electrons. The lowest BCUT2D eigenvalue weighted by Crippen LogP contribution is -2.15. The van der Waals surface area contributed by atoms with Gasteiger partial charge in [0.15, 0.2) is 0 Å². The van der Waals surface area contributed by atoms with Crippen LogP contribution < -0.4 is 0 Å². The minimum absolute atomic E-state index is 0.0350. The summed E-state index contributed by atoms with van der Waals surface area (Å²) in [7, 11) is 0. The van der Waals surface area contributed by atoms with Gasteiger partial charge in [0.05, 0.1) is 0 Å². The van der Waals surface area contributed by atoms with E-state index in [1.807, 2.05) is 0 Å². The smallest absolute Gasteiger partial charge is 0.0159 e. The van der Waals surface area contributed by atoms with E-state index in [0.29, 0.717) is 0 Å². The molecule has 57 heavy (non-hydrogen) atoms. The predicted molar refractivity (Wildman–Crippen MR) is 241 cm³/mol. The lowest BCUT2D eigenvalue weighted by Gasteiger charge is -2.24. The maximum atomic E-state index is 2.47. The third-order valence-corrected chi connectivity index (χ3v) is 13.9. The Hall–Kier alpha value is -6.24. The van der Waals surface area contributed by atoms with E-state index in [4.69, 9.17) is 0 Å². The molecule has 0 nitrogen and oxygen atoms in total. The van der Waals surface area contributed by atoms with Crippen molar-refractivity contribution in [3.8, 4) is 77.9 Å². The molecule has 274 valence electrons. The molecule has 8 aromatic carbocycles. The number of hydrogen-bond donors (Lipinski definition) is 0. The molecule has 0 aliphatic heterocycles. The minimum Gasteiger partial charge on any atom is -0.0622 e. The molecule has 0 atom stereocenters. The van der Waals surface area contributed by atoms with Crippen LogP contribution in [0.4, 0.5) is 0 Å². The Kier molecular flexibility index (Phi) is 7.10. The van der Waals surface area contributed by atoms with E-state index in [9.17, 15) is 0 Å². The van der Waals surface area contributed by atoms with Crippen molar-refractivity contribution in [2.45, 2.75) is 57.8 Å². The van der Waals surface area contributed by atoms with Crippen molar-refractivity contribution >= 4 is 0 Å². The van der Waals surface area contributed by atoms with Gasteiger partial charge >= 0.3 is 0 Å². The van der Waals surface area contributed by atoms with Gasteiger partial charge in [0.2, 0.25) is 0 Å². The zero-order chi connectivity index (χ0) is 38.8. The summed E-state index contributed by atoms with van der Waals surface area (Å²) in [6.07, 6.45) is 0. The molecule has 0 saturated heterocycles. The minimum atomic E-state index is -0.144. The summed E-state index contributed by atoms with van der Waals surface area (Å²) in [4.78, 5) is 0. The SMILES string of the molecule is CC1(C)c2cc(-c3ccccc3)ccc2-c2ccc(-c3ccc4c(c3)C(C)(C)c3cc(-c5ccccc5-c5ccc6c(c5)C(C)(C)c5ccccc5-6)ccc3-4)cc21. The monoisotopic (exact) mass is 730 g/mol. The predicted octanol–water partition coefficient (Wildman–Crippen LogP) is 15.3. The van der Waals surface area contributed by atoms with E-state index in [1.54, 1.807) is 0 Å². The molecule has 3 aliphatic rings. The maximum absolute atomic E-state index is 2.47. The first-order valence-corrected chi connectivity index (χ1v) is 20.5. The molecule has 0 amide bonds. The van der Waals surface area contributed by atoms with Crippen molar-refractivity contribution < 1.29 is 0 Å². The van der Waals surface area contributed by atoms with E-state index in [0.717, 1.165) is 0 Å². The molecule has 0 spiro atoms. The Bertz CT molecular complexity index is 2970. The van der Waals surface area contributed by atoms with Gasteiger partial charge in [-0.2, -0.15) is 0 Å². The van der Waals surface area contributed by atoms with Gasteiger partial charge in [0.25, 0.3) is 0 Å². The topological polar surface area (TPSA) is 0 Å². The third kappa shape index (κ3) is 4.86. The van der Waals surface area contributed by atoms with Crippen LogP contribution in [0.15, 0.2) is 170 Å². The highest BCUT2D eigenvalue weighted by molar-refractivity contribution is 5.92. The van der Waals surface area contributed by atoms with Crippen LogP contribution in [-0.4, -0.2) is 0 Å². The quantitative estimate of drug-likeness (QED) is 0.169. The number of fused-ring (bicyclic) bond motifs is 9. The summed E-state index contributed by atoms with van der Waals surface area (Å²) in [5.41, 5.74) is 26.5. The largest absolute Gasteiger partial charge is 0.0622 e. The normalized spacial score (nSPS) is 15.6. The van der Waals surface area contributed by atoms with Gasteiger partial charge < -0.3 is 0 Å². The highest BCUT2D eigenvalue weighted by Gasteiger charge is 2.39. The number of benzene rings is 8. The highest BCUT2D eigenvalue weighted by Crippen LogP contribution is 2.54. The second-order valence-electron chi connectivity index (χ2n) is 18.1. The van der Waals surface area contributed by atoms with E-state index in [2.05, 4.69) is 211 Å². The van der Waals surface area contributed by atoms with E-state index in [-0.39, 0.29) is 16.2 Å². The van der Waals surface area contributed by atoms with Crippen molar-refractivity contribution in [2.24, 2.45) is 0 Å². The van der Waals surface area contributed by atoms with Crippen LogP contribution in [0.25, 0.3) is 77.9 Å². The van der Waals surface area contributed by atoms with Crippen molar-refractivity contribution in [1.29, 1.82) is 0 Å². The fourth-order valence-corrected chi connectivity index (χ4v) is 10.7. The van der Waals surface area contributed by atoms with Crippen LogP contribution in [0.5, 0.6) is 0 Å². The van der Waals surface area contributed by atoms with Gasteiger partial charge in [-0.1, -0.05) is 181 Å². The Morgan fingerprint density at radius 3 is 0.912 bits per heavy atom. The Balaban J connectivity index is 0.938. The van der Waals surface area contributed by atoms with Gasteiger partial charge in [-0.15, -0.1) is 0 Å². The number of hydrogen-bond acceptors (Lipinski definition) is 0. The average Bonchev–Trinajstić information content (AvgIpc) is 3.72. The van der Waals surface area contributed by atoms with Crippen molar-refractivity contribution in [3.05, 3.63) is 203 Å². The van der Waals surface area contributed by atoms with Crippen LogP contribution in [0.3, 0.4) is 0 Å². The molecule has 0 heterocycles. The Morgan fingerprint density at radius 1 is 0.211 bits per heavy atom. The van der Waals surface area contributed by atoms with Crippen molar-refractivity contribution in [3.63, 3.8) is 0 Å². The summed E-state index contributed by atoms with van der Waals surface area (Å²) in [6.45, 7) is 14.3. The molecule has 8 aromatic rings.